The zero-order valence-electron chi connectivity index (χ0n) is 19.9. The first kappa shape index (κ1) is 27.8. The van der Waals surface area contributed by atoms with Crippen molar-refractivity contribution in [3.63, 3.8) is 0 Å². The van der Waals surface area contributed by atoms with Crippen LogP contribution in [0.25, 0.3) is 0 Å². The lowest BCUT2D eigenvalue weighted by atomic mass is 10.1. The Balaban J connectivity index is 0.000000865. The lowest BCUT2D eigenvalue weighted by molar-refractivity contribution is -0.114. The third-order valence-corrected chi connectivity index (χ3v) is 3.30. The summed E-state index contributed by atoms with van der Waals surface area (Å²) in [4.78, 5) is 17.9. The topological polar surface area (TPSA) is 66.9 Å². The van der Waals surface area contributed by atoms with Gasteiger partial charge in [-0.3, -0.25) is 0 Å². The van der Waals surface area contributed by atoms with E-state index in [4.69, 9.17) is 0 Å². The fraction of sp³-hybridized carbons (Fsp3) is 0.346. The van der Waals surface area contributed by atoms with Crippen LogP contribution in [-0.4, -0.2) is 15.8 Å². The van der Waals surface area contributed by atoms with Gasteiger partial charge in [0.15, 0.2) is 0 Å². The standard InChI is InChI=1S/C18H18N4.C3H6O.C3H8.C2H6/c1-3-11-19-17(5-1)21-13-15-7-9-16(10-8-15)14-22-18-6-2-4-12-20-18;1-3(2)4;1-3-2;1-2/h1-12H,13-14H2,(H,19,21)(H,20,22);1-2H3;3H2,1-2H3;1-2H3. The molecule has 0 aliphatic heterocycles. The van der Waals surface area contributed by atoms with Gasteiger partial charge < -0.3 is 15.4 Å². The smallest absolute Gasteiger partial charge is 0.126 e. The number of carbonyl (C=O) groups excluding carboxylic acids is 1. The Kier molecular flexibility index (Phi) is 16.8. The van der Waals surface area contributed by atoms with E-state index < -0.39 is 0 Å². The number of benzene rings is 1. The van der Waals surface area contributed by atoms with Crippen molar-refractivity contribution >= 4 is 17.4 Å². The van der Waals surface area contributed by atoms with Crippen molar-refractivity contribution in [2.45, 2.75) is 61.1 Å². The molecule has 3 rings (SSSR count). The van der Waals surface area contributed by atoms with Gasteiger partial charge in [0, 0.05) is 25.5 Å². The van der Waals surface area contributed by atoms with Crippen molar-refractivity contribution < 1.29 is 4.79 Å². The molecule has 0 saturated heterocycles. The van der Waals surface area contributed by atoms with E-state index in [-0.39, 0.29) is 5.78 Å². The summed E-state index contributed by atoms with van der Waals surface area (Å²) < 4.78 is 0. The van der Waals surface area contributed by atoms with Crippen LogP contribution in [0.3, 0.4) is 0 Å². The van der Waals surface area contributed by atoms with Crippen molar-refractivity contribution in [1.82, 2.24) is 9.97 Å². The van der Waals surface area contributed by atoms with E-state index in [1.165, 1.54) is 31.4 Å². The highest BCUT2D eigenvalue weighted by Crippen LogP contribution is 2.09. The minimum Gasteiger partial charge on any atom is -0.366 e. The maximum Gasteiger partial charge on any atom is 0.126 e. The number of hydrogen-bond acceptors (Lipinski definition) is 5. The van der Waals surface area contributed by atoms with Crippen molar-refractivity contribution in [2.24, 2.45) is 0 Å². The van der Waals surface area contributed by atoms with Crippen LogP contribution in [0.2, 0.25) is 0 Å². The van der Waals surface area contributed by atoms with E-state index in [1.54, 1.807) is 12.4 Å². The fourth-order valence-corrected chi connectivity index (χ4v) is 2.09. The summed E-state index contributed by atoms with van der Waals surface area (Å²) in [5.41, 5.74) is 2.46. The number of nitrogens with one attached hydrogen (secondary N) is 2. The quantitative estimate of drug-likeness (QED) is 0.460. The highest BCUT2D eigenvalue weighted by molar-refractivity contribution is 5.72. The Morgan fingerprint density at radius 2 is 1.03 bits per heavy atom. The first-order chi connectivity index (χ1) is 15.0. The zero-order chi connectivity index (χ0) is 23.3. The summed E-state index contributed by atoms with van der Waals surface area (Å²) in [5, 5.41) is 6.60. The number of ketones is 1. The molecule has 5 nitrogen and oxygen atoms in total. The molecule has 0 amide bonds. The van der Waals surface area contributed by atoms with Gasteiger partial charge in [0.25, 0.3) is 0 Å². The van der Waals surface area contributed by atoms with Gasteiger partial charge >= 0.3 is 0 Å². The molecular weight excluding hydrogens is 384 g/mol. The molecule has 3 aromatic rings. The number of hydrogen-bond donors (Lipinski definition) is 2. The van der Waals surface area contributed by atoms with E-state index in [2.05, 4.69) is 58.7 Å². The molecule has 0 aliphatic carbocycles. The maximum absolute atomic E-state index is 9.44. The van der Waals surface area contributed by atoms with Crippen LogP contribution in [0.5, 0.6) is 0 Å². The molecule has 31 heavy (non-hydrogen) atoms. The van der Waals surface area contributed by atoms with Gasteiger partial charge in [0.1, 0.15) is 17.4 Å². The molecule has 2 heterocycles. The predicted molar refractivity (Wildman–Crippen MR) is 133 cm³/mol. The zero-order valence-corrected chi connectivity index (χ0v) is 19.9. The molecule has 0 atom stereocenters. The first-order valence-corrected chi connectivity index (χ1v) is 10.9. The molecule has 0 saturated carbocycles. The van der Waals surface area contributed by atoms with Crippen LogP contribution >= 0.6 is 0 Å². The molecule has 0 radical (unpaired) electrons. The molecule has 0 unspecified atom stereocenters. The second-order valence-electron chi connectivity index (χ2n) is 6.57. The van der Waals surface area contributed by atoms with E-state index in [9.17, 15) is 4.79 Å². The number of pyridine rings is 2. The summed E-state index contributed by atoms with van der Waals surface area (Å²) in [6, 6.07) is 20.2. The van der Waals surface area contributed by atoms with Gasteiger partial charge in [0.2, 0.25) is 0 Å². The molecular formula is C26H38N4O. The lowest BCUT2D eigenvalue weighted by Gasteiger charge is -2.08. The normalized spacial score (nSPS) is 8.84. The Bertz CT molecular complexity index is 724. The van der Waals surface area contributed by atoms with Gasteiger partial charge in [0.05, 0.1) is 0 Å². The molecule has 2 aromatic heterocycles. The first-order valence-electron chi connectivity index (χ1n) is 10.9. The lowest BCUT2D eigenvalue weighted by Crippen LogP contribution is -2.03. The maximum atomic E-state index is 9.44. The van der Waals surface area contributed by atoms with Crippen LogP contribution in [0.15, 0.2) is 73.1 Å². The van der Waals surface area contributed by atoms with Gasteiger partial charge in [-0.1, -0.05) is 70.5 Å². The van der Waals surface area contributed by atoms with Crippen molar-refractivity contribution in [2.75, 3.05) is 10.6 Å². The third-order valence-electron chi connectivity index (χ3n) is 3.30. The second-order valence-corrected chi connectivity index (χ2v) is 6.57. The van der Waals surface area contributed by atoms with Crippen molar-refractivity contribution in [3.8, 4) is 0 Å². The number of Topliss-reactive ketones (excluding diaryl/α,β-unsaturated/α-hetero) is 1. The van der Waals surface area contributed by atoms with Crippen LogP contribution in [0.1, 0.15) is 59.1 Å². The summed E-state index contributed by atoms with van der Waals surface area (Å²) >= 11 is 0. The second kappa shape index (κ2) is 18.8. The van der Waals surface area contributed by atoms with Crippen molar-refractivity contribution in [1.29, 1.82) is 0 Å². The Morgan fingerprint density at radius 3 is 1.29 bits per heavy atom. The highest BCUT2D eigenvalue weighted by Gasteiger charge is 1.97. The molecule has 0 bridgehead atoms. The summed E-state index contributed by atoms with van der Waals surface area (Å²) in [6.45, 7) is 12.8. The predicted octanol–water partition coefficient (Wildman–Crippen LogP) is 6.74. The van der Waals surface area contributed by atoms with Gasteiger partial charge in [-0.2, -0.15) is 0 Å². The monoisotopic (exact) mass is 422 g/mol. The number of carbonyl (C=O) groups is 1. The van der Waals surface area contributed by atoms with Crippen LogP contribution in [-0.2, 0) is 17.9 Å². The number of aromatic nitrogens is 2. The van der Waals surface area contributed by atoms with E-state index in [0.717, 1.165) is 24.7 Å². The Hall–Kier alpha value is -3.21. The minimum atomic E-state index is 0.167. The third kappa shape index (κ3) is 15.3. The molecule has 2 N–H and O–H groups in total. The largest absolute Gasteiger partial charge is 0.366 e. The van der Waals surface area contributed by atoms with E-state index in [0.29, 0.717) is 0 Å². The molecule has 0 spiro atoms. The Labute approximate surface area is 188 Å². The summed E-state index contributed by atoms with van der Waals surface area (Å²) in [6.07, 6.45) is 4.82. The fourth-order valence-electron chi connectivity index (χ4n) is 2.09. The SMILES string of the molecule is CC.CC(C)=O.CCC.c1ccc(NCc2ccc(CNc3ccccn3)cc2)nc1. The van der Waals surface area contributed by atoms with Gasteiger partial charge in [-0.25, -0.2) is 9.97 Å². The number of anilines is 2. The molecule has 168 valence electrons. The minimum absolute atomic E-state index is 0.167. The van der Waals surface area contributed by atoms with Crippen molar-refractivity contribution in [3.05, 3.63) is 84.2 Å². The Morgan fingerprint density at radius 1 is 0.710 bits per heavy atom. The van der Waals surface area contributed by atoms with E-state index >= 15 is 0 Å². The summed E-state index contributed by atoms with van der Waals surface area (Å²) in [7, 11) is 0. The number of rotatable bonds is 6. The molecule has 1 aromatic carbocycles. The highest BCUT2D eigenvalue weighted by atomic mass is 16.1. The average Bonchev–Trinajstić information content (AvgIpc) is 2.80. The molecule has 0 aliphatic rings. The van der Waals surface area contributed by atoms with Crippen LogP contribution < -0.4 is 10.6 Å². The van der Waals surface area contributed by atoms with Crippen LogP contribution in [0, 0.1) is 0 Å². The summed E-state index contributed by atoms with van der Waals surface area (Å²) in [5.74, 6) is 1.95. The van der Waals surface area contributed by atoms with E-state index in [1.807, 2.05) is 50.2 Å². The molecule has 5 heteroatoms. The van der Waals surface area contributed by atoms with Gasteiger partial charge in [-0.05, 0) is 49.2 Å². The average molecular weight is 423 g/mol. The number of nitrogens with zero attached hydrogens (tertiary/aromatic N) is 2. The molecule has 0 fully saturated rings. The van der Waals surface area contributed by atoms with Crippen LogP contribution in [0.4, 0.5) is 11.6 Å². The van der Waals surface area contributed by atoms with Gasteiger partial charge in [-0.15, -0.1) is 0 Å².